The van der Waals surface area contributed by atoms with Gasteiger partial charge >= 0.3 is 0 Å². The number of halogens is 1. The van der Waals surface area contributed by atoms with Crippen molar-refractivity contribution in [2.75, 3.05) is 6.54 Å². The molecule has 1 unspecified atom stereocenters. The van der Waals surface area contributed by atoms with E-state index >= 15 is 0 Å². The predicted molar refractivity (Wildman–Crippen MR) is 75.3 cm³/mol. The average molecular weight is 250 g/mol. The maximum atomic E-state index is 6.30. The molecule has 92 valence electrons. The van der Waals surface area contributed by atoms with Gasteiger partial charge in [0.05, 0.1) is 0 Å². The minimum Gasteiger partial charge on any atom is -0.310 e. The second kappa shape index (κ2) is 7.37. The van der Waals surface area contributed by atoms with Crippen LogP contribution in [0, 0.1) is 18.8 Å². The van der Waals surface area contributed by atoms with Crippen molar-refractivity contribution in [2.45, 2.75) is 39.7 Å². The molecule has 0 amide bonds. The third-order valence-corrected chi connectivity index (χ3v) is 3.04. The molecule has 0 bridgehead atoms. The summed E-state index contributed by atoms with van der Waals surface area (Å²) in [5.74, 6) is 6.03. The van der Waals surface area contributed by atoms with E-state index in [1.807, 2.05) is 13.0 Å². The fraction of sp³-hybridized carbons (Fsp3) is 0.467. The number of hydrogen-bond acceptors (Lipinski definition) is 1. The van der Waals surface area contributed by atoms with Crippen molar-refractivity contribution in [3.05, 3.63) is 34.3 Å². The second-order valence-electron chi connectivity index (χ2n) is 4.10. The number of aryl methyl sites for hydroxylation is 1. The van der Waals surface area contributed by atoms with Gasteiger partial charge in [-0.15, -0.1) is 11.8 Å². The van der Waals surface area contributed by atoms with Crippen LogP contribution in [0.25, 0.3) is 0 Å². The number of hydrogen-bond donors (Lipinski definition) is 1. The molecule has 0 aliphatic heterocycles. The smallest absolute Gasteiger partial charge is 0.0456 e. The maximum Gasteiger partial charge on any atom is 0.0456 e. The van der Waals surface area contributed by atoms with Gasteiger partial charge in [-0.3, -0.25) is 0 Å². The normalized spacial score (nSPS) is 11.8. The lowest BCUT2D eigenvalue weighted by Crippen LogP contribution is -2.21. The molecule has 0 saturated carbocycles. The van der Waals surface area contributed by atoms with E-state index in [9.17, 15) is 0 Å². The van der Waals surface area contributed by atoms with E-state index < -0.39 is 0 Å². The van der Waals surface area contributed by atoms with Crippen LogP contribution in [0.1, 0.15) is 43.9 Å². The molecule has 1 N–H and O–H groups in total. The summed E-state index contributed by atoms with van der Waals surface area (Å²) in [6.07, 6.45) is 1.90. The number of rotatable bonds is 5. The zero-order valence-corrected chi connectivity index (χ0v) is 11.6. The highest BCUT2D eigenvalue weighted by molar-refractivity contribution is 6.31. The molecule has 1 rings (SSSR count). The van der Waals surface area contributed by atoms with Crippen LogP contribution in [-0.2, 0) is 0 Å². The molecule has 1 nitrogen and oxygen atoms in total. The van der Waals surface area contributed by atoms with Gasteiger partial charge in [-0.1, -0.05) is 30.7 Å². The fourth-order valence-electron chi connectivity index (χ4n) is 1.87. The van der Waals surface area contributed by atoms with Crippen molar-refractivity contribution in [1.29, 1.82) is 0 Å². The third-order valence-electron chi connectivity index (χ3n) is 2.72. The molecular weight excluding hydrogens is 230 g/mol. The fourth-order valence-corrected chi connectivity index (χ4v) is 2.24. The van der Waals surface area contributed by atoms with Crippen LogP contribution in [-0.4, -0.2) is 6.54 Å². The van der Waals surface area contributed by atoms with E-state index in [-0.39, 0.29) is 0 Å². The lowest BCUT2D eigenvalue weighted by molar-refractivity contribution is 0.522. The van der Waals surface area contributed by atoms with Crippen LogP contribution in [0.4, 0.5) is 0 Å². The summed E-state index contributed by atoms with van der Waals surface area (Å²) < 4.78 is 0. The average Bonchev–Trinajstić information content (AvgIpc) is 2.28. The van der Waals surface area contributed by atoms with Gasteiger partial charge in [-0.05, 0) is 44.0 Å². The summed E-state index contributed by atoms with van der Waals surface area (Å²) in [7, 11) is 0. The lowest BCUT2D eigenvalue weighted by atomic mass is 10.0. The first kappa shape index (κ1) is 14.1. The minimum atomic E-state index is 0.300. The minimum absolute atomic E-state index is 0.300. The maximum absolute atomic E-state index is 6.30. The van der Waals surface area contributed by atoms with Gasteiger partial charge in [-0.25, -0.2) is 0 Å². The van der Waals surface area contributed by atoms with Crippen molar-refractivity contribution >= 4 is 11.6 Å². The van der Waals surface area contributed by atoms with Gasteiger partial charge in [0.15, 0.2) is 0 Å². The van der Waals surface area contributed by atoms with Crippen molar-refractivity contribution < 1.29 is 0 Å². The summed E-state index contributed by atoms with van der Waals surface area (Å²) in [5, 5.41) is 4.31. The second-order valence-corrected chi connectivity index (χ2v) is 4.51. The van der Waals surface area contributed by atoms with Crippen LogP contribution in [0.3, 0.4) is 0 Å². The van der Waals surface area contributed by atoms with Crippen LogP contribution < -0.4 is 5.32 Å². The van der Waals surface area contributed by atoms with Crippen molar-refractivity contribution in [3.8, 4) is 11.8 Å². The Balaban J connectivity index is 2.83. The first-order valence-electron chi connectivity index (χ1n) is 6.08. The van der Waals surface area contributed by atoms with E-state index in [0.29, 0.717) is 6.04 Å². The van der Waals surface area contributed by atoms with Gasteiger partial charge in [0.1, 0.15) is 0 Å². The first-order chi connectivity index (χ1) is 8.19. The number of benzene rings is 1. The summed E-state index contributed by atoms with van der Waals surface area (Å²) >= 11 is 6.30. The molecule has 0 spiro atoms. The molecule has 0 saturated heterocycles. The Kier molecular flexibility index (Phi) is 6.11. The topological polar surface area (TPSA) is 12.0 Å². The van der Waals surface area contributed by atoms with E-state index in [0.717, 1.165) is 24.4 Å². The number of nitrogens with one attached hydrogen (secondary N) is 1. The Labute approximate surface area is 110 Å². The SMILES string of the molecule is CC#CCCC(NCC)c1ccc(C)cc1Cl. The zero-order valence-electron chi connectivity index (χ0n) is 10.8. The molecule has 1 atom stereocenters. The Bertz CT molecular complexity index is 415. The molecule has 0 aromatic heterocycles. The zero-order chi connectivity index (χ0) is 12.7. The molecule has 17 heavy (non-hydrogen) atoms. The Morgan fingerprint density at radius 3 is 2.76 bits per heavy atom. The summed E-state index contributed by atoms with van der Waals surface area (Å²) in [5.41, 5.74) is 2.37. The predicted octanol–water partition coefficient (Wildman–Crippen LogP) is 4.10. The highest BCUT2D eigenvalue weighted by Gasteiger charge is 2.12. The van der Waals surface area contributed by atoms with Crippen molar-refractivity contribution in [2.24, 2.45) is 0 Å². The molecular formula is C15H20ClN. The van der Waals surface area contributed by atoms with Crippen LogP contribution in [0.15, 0.2) is 18.2 Å². The Hall–Kier alpha value is -0.970. The van der Waals surface area contributed by atoms with E-state index in [1.54, 1.807) is 0 Å². The molecule has 0 aliphatic carbocycles. The largest absolute Gasteiger partial charge is 0.310 e. The summed E-state index contributed by atoms with van der Waals surface area (Å²) in [4.78, 5) is 0. The highest BCUT2D eigenvalue weighted by atomic mass is 35.5. The molecule has 0 heterocycles. The van der Waals surface area contributed by atoms with Crippen LogP contribution in [0.2, 0.25) is 5.02 Å². The first-order valence-corrected chi connectivity index (χ1v) is 6.45. The van der Waals surface area contributed by atoms with Crippen LogP contribution >= 0.6 is 11.6 Å². The summed E-state index contributed by atoms with van der Waals surface area (Å²) in [6, 6.07) is 6.54. The third kappa shape index (κ3) is 4.42. The van der Waals surface area contributed by atoms with Gasteiger partial charge in [-0.2, -0.15) is 0 Å². The monoisotopic (exact) mass is 249 g/mol. The van der Waals surface area contributed by atoms with Gasteiger partial charge in [0, 0.05) is 17.5 Å². The van der Waals surface area contributed by atoms with E-state index in [1.165, 1.54) is 11.1 Å². The summed E-state index contributed by atoms with van der Waals surface area (Å²) in [6.45, 7) is 6.98. The molecule has 2 heteroatoms. The van der Waals surface area contributed by atoms with Crippen molar-refractivity contribution in [1.82, 2.24) is 5.32 Å². The van der Waals surface area contributed by atoms with Gasteiger partial charge in [0.25, 0.3) is 0 Å². The van der Waals surface area contributed by atoms with Crippen molar-refractivity contribution in [3.63, 3.8) is 0 Å². The highest BCUT2D eigenvalue weighted by Crippen LogP contribution is 2.27. The molecule has 0 aliphatic rings. The Morgan fingerprint density at radius 1 is 1.41 bits per heavy atom. The molecule has 0 radical (unpaired) electrons. The van der Waals surface area contributed by atoms with E-state index in [4.69, 9.17) is 11.6 Å². The standard InChI is InChI=1S/C15H20ClN/c1-4-6-7-8-15(17-5-2)13-10-9-12(3)11-14(13)16/h9-11,15,17H,5,7-8H2,1-3H3. The quantitative estimate of drug-likeness (QED) is 0.775. The Morgan fingerprint density at radius 2 is 2.18 bits per heavy atom. The van der Waals surface area contributed by atoms with E-state index in [2.05, 4.69) is 43.1 Å². The molecule has 0 fully saturated rings. The lowest BCUT2D eigenvalue weighted by Gasteiger charge is -2.19. The molecule has 1 aromatic rings. The van der Waals surface area contributed by atoms with Gasteiger partial charge in [0.2, 0.25) is 0 Å². The van der Waals surface area contributed by atoms with Crippen LogP contribution in [0.5, 0.6) is 0 Å². The molecule has 1 aromatic carbocycles. The van der Waals surface area contributed by atoms with Gasteiger partial charge < -0.3 is 5.32 Å².